The van der Waals surface area contributed by atoms with Crippen molar-refractivity contribution in [3.05, 3.63) is 23.8 Å². The molecule has 0 atom stereocenters. The molecule has 110 valence electrons. The molecule has 1 aromatic carbocycles. The first kappa shape index (κ1) is 14.7. The second kappa shape index (κ2) is 6.13. The fourth-order valence-corrected chi connectivity index (χ4v) is 2.51. The van der Waals surface area contributed by atoms with Gasteiger partial charge in [0.05, 0.1) is 17.9 Å². The third-order valence-electron chi connectivity index (χ3n) is 3.82. The summed E-state index contributed by atoms with van der Waals surface area (Å²) in [4.78, 5) is 16.0. The number of aliphatic hydroxyl groups is 1. The first-order valence-electron chi connectivity index (χ1n) is 7.03. The summed E-state index contributed by atoms with van der Waals surface area (Å²) in [6, 6.07) is 5.76. The van der Waals surface area contributed by atoms with Gasteiger partial charge in [0, 0.05) is 32.4 Å². The molecule has 20 heavy (non-hydrogen) atoms. The Labute approximate surface area is 120 Å². The summed E-state index contributed by atoms with van der Waals surface area (Å²) < 4.78 is 0. The highest BCUT2D eigenvalue weighted by atomic mass is 16.3. The maximum Gasteiger partial charge on any atom is 0.255 e. The molecule has 0 spiro atoms. The van der Waals surface area contributed by atoms with Gasteiger partial charge in [0.15, 0.2) is 0 Å². The van der Waals surface area contributed by atoms with Crippen molar-refractivity contribution in [3.8, 4) is 0 Å². The highest BCUT2D eigenvalue weighted by Crippen LogP contribution is 2.33. The number of rotatable bonds is 5. The Kier molecular flexibility index (Phi) is 4.49. The number of carbonyl (C=O) groups excluding carboxylic acids is 1. The Morgan fingerprint density at radius 3 is 2.60 bits per heavy atom. The summed E-state index contributed by atoms with van der Waals surface area (Å²) in [5.41, 5.74) is 8.00. The number of nitrogens with two attached hydrogens (primary N) is 1. The van der Waals surface area contributed by atoms with E-state index in [1.54, 1.807) is 31.1 Å². The van der Waals surface area contributed by atoms with E-state index in [-0.39, 0.29) is 12.5 Å². The Morgan fingerprint density at radius 1 is 1.40 bits per heavy atom. The Morgan fingerprint density at radius 2 is 2.10 bits per heavy atom. The van der Waals surface area contributed by atoms with Gasteiger partial charge in [0.1, 0.15) is 0 Å². The first-order chi connectivity index (χ1) is 9.54. The van der Waals surface area contributed by atoms with Crippen LogP contribution >= 0.6 is 0 Å². The van der Waals surface area contributed by atoms with Crippen LogP contribution in [0.3, 0.4) is 0 Å². The Hall–Kier alpha value is -1.75. The second-order valence-electron chi connectivity index (χ2n) is 5.48. The summed E-state index contributed by atoms with van der Waals surface area (Å²) in [6.07, 6.45) is 3.40. The van der Waals surface area contributed by atoms with Gasteiger partial charge < -0.3 is 20.6 Å². The van der Waals surface area contributed by atoms with Crippen LogP contribution in [0.15, 0.2) is 18.2 Å². The maximum absolute atomic E-state index is 12.3. The molecule has 2 rings (SSSR count). The number of benzene rings is 1. The number of nitrogen functional groups attached to an aromatic ring is 1. The SMILES string of the molecule is CN(C)C(=O)c1ccc(N)cc1N(CCO)C1CCC1. The average molecular weight is 277 g/mol. The van der Waals surface area contributed by atoms with Crippen molar-refractivity contribution in [3.63, 3.8) is 0 Å². The van der Waals surface area contributed by atoms with Gasteiger partial charge >= 0.3 is 0 Å². The van der Waals surface area contributed by atoms with E-state index in [1.165, 1.54) is 6.42 Å². The third-order valence-corrected chi connectivity index (χ3v) is 3.82. The van der Waals surface area contributed by atoms with Crippen molar-refractivity contribution >= 4 is 17.3 Å². The fraction of sp³-hybridized carbons (Fsp3) is 0.533. The quantitative estimate of drug-likeness (QED) is 0.796. The molecule has 1 aliphatic rings. The maximum atomic E-state index is 12.3. The molecule has 5 nitrogen and oxygen atoms in total. The van der Waals surface area contributed by atoms with Crippen LogP contribution < -0.4 is 10.6 Å². The lowest BCUT2D eigenvalue weighted by molar-refractivity contribution is 0.0828. The molecule has 0 radical (unpaired) electrons. The molecular formula is C15H23N3O2. The standard InChI is InChI=1S/C15H23N3O2/c1-17(2)15(20)13-7-6-11(16)10-14(13)18(8-9-19)12-4-3-5-12/h6-7,10,12,19H,3-5,8-9,16H2,1-2H3. The lowest BCUT2D eigenvalue weighted by atomic mass is 9.90. The van der Waals surface area contributed by atoms with Crippen LogP contribution in [0.4, 0.5) is 11.4 Å². The monoisotopic (exact) mass is 277 g/mol. The number of nitrogens with zero attached hydrogens (tertiary/aromatic N) is 2. The second-order valence-corrected chi connectivity index (χ2v) is 5.48. The minimum absolute atomic E-state index is 0.0396. The van der Waals surface area contributed by atoms with E-state index in [2.05, 4.69) is 4.90 Å². The normalized spacial score (nSPS) is 14.8. The average Bonchev–Trinajstić information content (AvgIpc) is 2.35. The Balaban J connectivity index is 2.40. The van der Waals surface area contributed by atoms with Gasteiger partial charge in [-0.2, -0.15) is 0 Å². The van der Waals surface area contributed by atoms with Crippen LogP contribution in [0, 0.1) is 0 Å². The predicted molar refractivity (Wildman–Crippen MR) is 80.9 cm³/mol. The molecule has 0 heterocycles. The number of carbonyl (C=O) groups is 1. The predicted octanol–water partition coefficient (Wildman–Crippen LogP) is 1.32. The van der Waals surface area contributed by atoms with Crippen molar-refractivity contribution in [2.45, 2.75) is 25.3 Å². The van der Waals surface area contributed by atoms with E-state index in [1.807, 2.05) is 6.07 Å². The van der Waals surface area contributed by atoms with Crippen molar-refractivity contribution in [1.82, 2.24) is 4.90 Å². The van der Waals surface area contributed by atoms with Gasteiger partial charge in [-0.25, -0.2) is 0 Å². The van der Waals surface area contributed by atoms with Gasteiger partial charge in [0.25, 0.3) is 5.91 Å². The largest absolute Gasteiger partial charge is 0.399 e. The zero-order valence-corrected chi connectivity index (χ0v) is 12.2. The molecular weight excluding hydrogens is 254 g/mol. The number of hydrogen-bond acceptors (Lipinski definition) is 4. The molecule has 0 aromatic heterocycles. The Bertz CT molecular complexity index is 484. The molecule has 1 fully saturated rings. The van der Waals surface area contributed by atoms with Gasteiger partial charge in [0.2, 0.25) is 0 Å². The van der Waals surface area contributed by atoms with Gasteiger partial charge in [-0.15, -0.1) is 0 Å². The van der Waals surface area contributed by atoms with Crippen LogP contribution in [0.2, 0.25) is 0 Å². The van der Waals surface area contributed by atoms with Gasteiger partial charge in [-0.1, -0.05) is 0 Å². The zero-order valence-electron chi connectivity index (χ0n) is 12.2. The van der Waals surface area contributed by atoms with Crippen LogP contribution in [0.5, 0.6) is 0 Å². The van der Waals surface area contributed by atoms with E-state index in [0.29, 0.717) is 23.8 Å². The van der Waals surface area contributed by atoms with Crippen LogP contribution in [0.1, 0.15) is 29.6 Å². The number of amides is 1. The van der Waals surface area contributed by atoms with E-state index >= 15 is 0 Å². The fourth-order valence-electron chi connectivity index (χ4n) is 2.51. The lowest BCUT2D eigenvalue weighted by Crippen LogP contribution is -2.43. The molecule has 1 amide bonds. The number of anilines is 2. The van der Waals surface area contributed by atoms with Crippen molar-refractivity contribution in [1.29, 1.82) is 0 Å². The topological polar surface area (TPSA) is 69.8 Å². The van der Waals surface area contributed by atoms with Crippen molar-refractivity contribution in [2.75, 3.05) is 37.9 Å². The molecule has 0 saturated heterocycles. The minimum atomic E-state index is -0.0396. The zero-order chi connectivity index (χ0) is 14.7. The third kappa shape index (κ3) is 2.88. The summed E-state index contributed by atoms with van der Waals surface area (Å²) in [5.74, 6) is -0.0396. The van der Waals surface area contributed by atoms with Crippen LogP contribution in [-0.4, -0.2) is 49.2 Å². The van der Waals surface area contributed by atoms with Gasteiger partial charge in [-0.05, 0) is 37.5 Å². The van der Waals surface area contributed by atoms with E-state index in [0.717, 1.165) is 18.5 Å². The molecule has 0 unspecified atom stereocenters. The van der Waals surface area contributed by atoms with Crippen LogP contribution in [-0.2, 0) is 0 Å². The van der Waals surface area contributed by atoms with E-state index in [4.69, 9.17) is 5.73 Å². The summed E-state index contributed by atoms with van der Waals surface area (Å²) in [5, 5.41) is 9.31. The van der Waals surface area contributed by atoms with E-state index < -0.39 is 0 Å². The van der Waals surface area contributed by atoms with E-state index in [9.17, 15) is 9.90 Å². The lowest BCUT2D eigenvalue weighted by Gasteiger charge is -2.40. The van der Waals surface area contributed by atoms with Crippen molar-refractivity contribution in [2.24, 2.45) is 0 Å². The smallest absolute Gasteiger partial charge is 0.255 e. The van der Waals surface area contributed by atoms with Gasteiger partial charge in [-0.3, -0.25) is 4.79 Å². The minimum Gasteiger partial charge on any atom is -0.399 e. The molecule has 5 heteroatoms. The summed E-state index contributed by atoms with van der Waals surface area (Å²) in [7, 11) is 3.48. The number of aliphatic hydroxyl groups excluding tert-OH is 1. The summed E-state index contributed by atoms with van der Waals surface area (Å²) in [6.45, 7) is 0.600. The molecule has 0 bridgehead atoms. The highest BCUT2D eigenvalue weighted by Gasteiger charge is 2.28. The van der Waals surface area contributed by atoms with Crippen molar-refractivity contribution < 1.29 is 9.90 Å². The summed E-state index contributed by atoms with van der Waals surface area (Å²) >= 11 is 0. The molecule has 3 N–H and O–H groups in total. The molecule has 1 aliphatic carbocycles. The molecule has 1 saturated carbocycles. The molecule has 1 aromatic rings. The highest BCUT2D eigenvalue weighted by molar-refractivity contribution is 6.00. The number of hydrogen-bond donors (Lipinski definition) is 2. The first-order valence-corrected chi connectivity index (χ1v) is 7.03. The molecule has 0 aliphatic heterocycles. The van der Waals surface area contributed by atoms with Crippen LogP contribution in [0.25, 0.3) is 0 Å².